The largest absolute Gasteiger partial charge is 0.462 e. The van der Waals surface area contributed by atoms with Crippen molar-refractivity contribution in [3.63, 3.8) is 0 Å². The van der Waals surface area contributed by atoms with E-state index >= 15 is 0 Å². The summed E-state index contributed by atoms with van der Waals surface area (Å²) >= 11 is 0. The van der Waals surface area contributed by atoms with Gasteiger partial charge >= 0.3 is 5.97 Å². The maximum Gasteiger partial charge on any atom is 0.338 e. The molecule has 2 heteroatoms. The van der Waals surface area contributed by atoms with Crippen molar-refractivity contribution >= 4 is 5.97 Å². The highest BCUT2D eigenvalue weighted by Gasteiger charge is 2.18. The molecule has 2 aromatic rings. The molecular weight excluding hydrogens is 296 g/mol. The molecule has 0 bridgehead atoms. The van der Waals surface area contributed by atoms with Gasteiger partial charge in [-0.25, -0.2) is 4.79 Å². The van der Waals surface area contributed by atoms with Gasteiger partial charge in [0.05, 0.1) is 12.2 Å². The maximum atomic E-state index is 11.8. The first-order chi connectivity index (χ1) is 11.8. The Hall–Kier alpha value is -2.53. The van der Waals surface area contributed by atoms with E-state index in [0.29, 0.717) is 12.2 Å². The second-order valence-electron chi connectivity index (χ2n) is 6.21. The summed E-state index contributed by atoms with van der Waals surface area (Å²) in [6, 6.07) is 15.8. The van der Waals surface area contributed by atoms with Gasteiger partial charge in [0.1, 0.15) is 0 Å². The van der Waals surface area contributed by atoms with Gasteiger partial charge in [-0.3, -0.25) is 0 Å². The molecule has 2 nitrogen and oxygen atoms in total. The first-order valence-corrected chi connectivity index (χ1v) is 8.65. The maximum absolute atomic E-state index is 11.8. The molecule has 24 heavy (non-hydrogen) atoms. The lowest BCUT2D eigenvalue weighted by Gasteiger charge is -2.25. The van der Waals surface area contributed by atoms with Crippen LogP contribution in [0.1, 0.15) is 65.6 Å². The highest BCUT2D eigenvalue weighted by molar-refractivity contribution is 5.89. The van der Waals surface area contributed by atoms with E-state index in [2.05, 4.69) is 36.1 Å². The molecule has 2 aromatic carbocycles. The minimum Gasteiger partial charge on any atom is -0.462 e. The fourth-order valence-corrected chi connectivity index (χ4v) is 2.69. The molecule has 0 spiro atoms. The van der Waals surface area contributed by atoms with E-state index < -0.39 is 0 Å². The summed E-state index contributed by atoms with van der Waals surface area (Å²) in [6.45, 7) is 2.43. The summed E-state index contributed by atoms with van der Waals surface area (Å²) in [5.74, 6) is 6.81. The Labute approximate surface area is 143 Å². The summed E-state index contributed by atoms with van der Waals surface area (Å²) in [5, 5.41) is 0. The molecule has 1 aliphatic rings. The fourth-order valence-electron chi connectivity index (χ4n) is 2.69. The molecule has 3 rings (SSSR count). The number of esters is 1. The van der Waals surface area contributed by atoms with Gasteiger partial charge in [0.15, 0.2) is 0 Å². The zero-order chi connectivity index (χ0) is 16.8. The van der Waals surface area contributed by atoms with Crippen LogP contribution in [0.4, 0.5) is 0 Å². The van der Waals surface area contributed by atoms with Gasteiger partial charge < -0.3 is 4.74 Å². The quantitative estimate of drug-likeness (QED) is 0.591. The molecule has 0 amide bonds. The van der Waals surface area contributed by atoms with Gasteiger partial charge in [-0.15, -0.1) is 0 Å². The number of carbonyl (C=O) groups excluding carboxylic acids is 1. The predicted molar refractivity (Wildman–Crippen MR) is 96.0 cm³/mol. The van der Waals surface area contributed by atoms with Crippen LogP contribution in [0, 0.1) is 11.8 Å². The standard InChI is InChI=1S/C22H22O2/c1-2-16-24-22(23)21-14-10-18(11-15-21)7-6-17-8-12-20(13-9-17)19-4-3-5-19/h8-15,19H,2-5,16H2,1H3. The van der Waals surface area contributed by atoms with Gasteiger partial charge in [-0.05, 0) is 67.1 Å². The first-order valence-electron chi connectivity index (χ1n) is 8.65. The molecule has 0 heterocycles. The lowest BCUT2D eigenvalue weighted by Crippen LogP contribution is -2.08. The average Bonchev–Trinajstić information content (AvgIpc) is 2.58. The number of benzene rings is 2. The summed E-state index contributed by atoms with van der Waals surface area (Å²) in [7, 11) is 0. The zero-order valence-electron chi connectivity index (χ0n) is 14.0. The normalized spacial score (nSPS) is 13.5. The third-order valence-corrected chi connectivity index (χ3v) is 4.40. The van der Waals surface area contributed by atoms with Crippen molar-refractivity contribution in [3.8, 4) is 11.8 Å². The molecule has 1 saturated carbocycles. The fraction of sp³-hybridized carbons (Fsp3) is 0.318. The number of rotatable bonds is 4. The Bertz CT molecular complexity index is 741. The van der Waals surface area contributed by atoms with E-state index in [1.165, 1.54) is 24.8 Å². The van der Waals surface area contributed by atoms with Crippen LogP contribution < -0.4 is 0 Å². The average molecular weight is 318 g/mol. The Kier molecular flexibility index (Phi) is 5.33. The van der Waals surface area contributed by atoms with E-state index in [1.54, 1.807) is 12.1 Å². The zero-order valence-corrected chi connectivity index (χ0v) is 14.0. The van der Waals surface area contributed by atoms with Gasteiger partial charge in [0.25, 0.3) is 0 Å². The number of carbonyl (C=O) groups is 1. The van der Waals surface area contributed by atoms with Crippen LogP contribution in [0.3, 0.4) is 0 Å². The third-order valence-electron chi connectivity index (χ3n) is 4.40. The van der Waals surface area contributed by atoms with Crippen molar-refractivity contribution in [1.29, 1.82) is 0 Å². The SMILES string of the molecule is CCCOC(=O)c1ccc(C#Cc2ccc(C3CCC3)cc2)cc1. The topological polar surface area (TPSA) is 26.3 Å². The second-order valence-corrected chi connectivity index (χ2v) is 6.21. The van der Waals surface area contributed by atoms with Crippen molar-refractivity contribution in [2.24, 2.45) is 0 Å². The molecule has 0 radical (unpaired) electrons. The van der Waals surface area contributed by atoms with Crippen LogP contribution >= 0.6 is 0 Å². The second kappa shape index (κ2) is 7.84. The summed E-state index contributed by atoms with van der Waals surface area (Å²) < 4.78 is 5.12. The molecule has 1 fully saturated rings. The molecule has 0 saturated heterocycles. The van der Waals surface area contributed by atoms with Gasteiger partial charge in [-0.1, -0.05) is 37.3 Å². The predicted octanol–water partition coefficient (Wildman–Crippen LogP) is 4.92. The Morgan fingerprint density at radius 3 is 2.08 bits per heavy atom. The van der Waals surface area contributed by atoms with E-state index in [0.717, 1.165) is 23.5 Å². The Balaban J connectivity index is 1.63. The molecule has 0 atom stereocenters. The lowest BCUT2D eigenvalue weighted by molar-refractivity contribution is 0.0505. The van der Waals surface area contributed by atoms with Crippen molar-refractivity contribution in [1.82, 2.24) is 0 Å². The minimum atomic E-state index is -0.275. The highest BCUT2D eigenvalue weighted by Crippen LogP contribution is 2.36. The van der Waals surface area contributed by atoms with Crippen LogP contribution in [0.25, 0.3) is 0 Å². The molecule has 0 N–H and O–H groups in total. The molecule has 0 unspecified atom stereocenters. The Morgan fingerprint density at radius 1 is 1.00 bits per heavy atom. The molecule has 0 aliphatic heterocycles. The molecular formula is C22H22O2. The number of hydrogen-bond donors (Lipinski definition) is 0. The van der Waals surface area contributed by atoms with Crippen molar-refractivity contribution < 1.29 is 9.53 Å². The van der Waals surface area contributed by atoms with E-state index in [9.17, 15) is 4.79 Å². The smallest absolute Gasteiger partial charge is 0.338 e. The van der Waals surface area contributed by atoms with Crippen molar-refractivity contribution in [3.05, 3.63) is 70.8 Å². The summed E-state index contributed by atoms with van der Waals surface area (Å²) in [4.78, 5) is 11.8. The van der Waals surface area contributed by atoms with Gasteiger partial charge in [0, 0.05) is 11.1 Å². The van der Waals surface area contributed by atoms with Crippen LogP contribution in [0.2, 0.25) is 0 Å². The van der Waals surface area contributed by atoms with Crippen LogP contribution in [-0.4, -0.2) is 12.6 Å². The van der Waals surface area contributed by atoms with Crippen molar-refractivity contribution in [2.75, 3.05) is 6.61 Å². The van der Waals surface area contributed by atoms with E-state index in [-0.39, 0.29) is 5.97 Å². The Morgan fingerprint density at radius 2 is 1.58 bits per heavy atom. The van der Waals surface area contributed by atoms with Crippen LogP contribution in [0.15, 0.2) is 48.5 Å². The number of ether oxygens (including phenoxy) is 1. The van der Waals surface area contributed by atoms with Crippen LogP contribution in [0.5, 0.6) is 0 Å². The van der Waals surface area contributed by atoms with E-state index in [4.69, 9.17) is 4.74 Å². The highest BCUT2D eigenvalue weighted by atomic mass is 16.5. The van der Waals surface area contributed by atoms with Crippen LogP contribution in [-0.2, 0) is 4.74 Å². The molecule has 1 aliphatic carbocycles. The van der Waals surface area contributed by atoms with Gasteiger partial charge in [0.2, 0.25) is 0 Å². The lowest BCUT2D eigenvalue weighted by atomic mass is 9.80. The summed E-state index contributed by atoms with van der Waals surface area (Å²) in [5.41, 5.74) is 3.91. The molecule has 0 aromatic heterocycles. The molecule has 122 valence electrons. The monoisotopic (exact) mass is 318 g/mol. The number of hydrogen-bond acceptors (Lipinski definition) is 2. The minimum absolute atomic E-state index is 0.275. The summed E-state index contributed by atoms with van der Waals surface area (Å²) in [6.07, 6.45) is 4.82. The van der Waals surface area contributed by atoms with Crippen molar-refractivity contribution in [2.45, 2.75) is 38.5 Å². The first kappa shape index (κ1) is 16.3. The third kappa shape index (κ3) is 4.06. The van der Waals surface area contributed by atoms with E-state index in [1.807, 2.05) is 19.1 Å². The van der Waals surface area contributed by atoms with Gasteiger partial charge in [-0.2, -0.15) is 0 Å².